The van der Waals surface area contributed by atoms with E-state index in [0.29, 0.717) is 17.4 Å². The number of nitro groups is 1. The highest BCUT2D eigenvalue weighted by molar-refractivity contribution is 6.31. The van der Waals surface area contributed by atoms with Gasteiger partial charge in [0.25, 0.3) is 11.6 Å². The zero-order valence-electron chi connectivity index (χ0n) is 14.0. The molecule has 0 bridgehead atoms. The Bertz CT molecular complexity index is 977. The van der Waals surface area contributed by atoms with E-state index in [-0.39, 0.29) is 11.4 Å². The number of anilines is 1. The molecule has 2 aromatic heterocycles. The lowest BCUT2D eigenvalue weighted by Gasteiger charge is -2.05. The van der Waals surface area contributed by atoms with E-state index in [1.54, 1.807) is 21.6 Å². The molecule has 3 aromatic rings. The summed E-state index contributed by atoms with van der Waals surface area (Å²) in [5.74, 6) is -0.413. The third-order valence-electron chi connectivity index (χ3n) is 3.78. The Labute approximate surface area is 153 Å². The van der Waals surface area contributed by atoms with Crippen molar-refractivity contribution in [2.24, 2.45) is 0 Å². The van der Waals surface area contributed by atoms with E-state index in [2.05, 4.69) is 15.5 Å². The number of aromatic nitrogens is 4. The Kier molecular flexibility index (Phi) is 4.72. The van der Waals surface area contributed by atoms with Crippen molar-refractivity contribution in [2.45, 2.75) is 20.5 Å². The Hall–Kier alpha value is -3.20. The molecule has 0 radical (unpaired) electrons. The van der Waals surface area contributed by atoms with Crippen LogP contribution in [0.3, 0.4) is 0 Å². The Morgan fingerprint density at radius 3 is 2.50 bits per heavy atom. The molecule has 26 heavy (non-hydrogen) atoms. The summed E-state index contributed by atoms with van der Waals surface area (Å²) in [6, 6.07) is 7.14. The third kappa shape index (κ3) is 3.57. The fraction of sp³-hybridized carbons (Fsp3) is 0.188. The molecule has 0 fully saturated rings. The van der Waals surface area contributed by atoms with Gasteiger partial charge in [-0.1, -0.05) is 11.6 Å². The summed E-state index contributed by atoms with van der Waals surface area (Å²) in [4.78, 5) is 22.4. The predicted molar refractivity (Wildman–Crippen MR) is 95.4 cm³/mol. The first kappa shape index (κ1) is 17.6. The number of nitrogens with one attached hydrogen (secondary N) is 1. The van der Waals surface area contributed by atoms with E-state index < -0.39 is 10.8 Å². The average molecular weight is 375 g/mol. The van der Waals surface area contributed by atoms with Gasteiger partial charge in [-0.05, 0) is 32.0 Å². The first-order chi connectivity index (χ1) is 12.3. The second kappa shape index (κ2) is 6.96. The van der Waals surface area contributed by atoms with Crippen molar-refractivity contribution in [3.05, 3.63) is 68.7 Å². The van der Waals surface area contributed by atoms with Crippen LogP contribution in [0.5, 0.6) is 0 Å². The molecule has 1 N–H and O–H groups in total. The van der Waals surface area contributed by atoms with Crippen molar-refractivity contribution in [3.8, 4) is 0 Å². The van der Waals surface area contributed by atoms with Crippen molar-refractivity contribution in [3.63, 3.8) is 0 Å². The zero-order chi connectivity index (χ0) is 18.8. The Balaban J connectivity index is 1.69. The largest absolute Gasteiger partial charge is 0.321 e. The monoisotopic (exact) mass is 374 g/mol. The number of amides is 1. The summed E-state index contributed by atoms with van der Waals surface area (Å²) in [5.41, 5.74) is 2.16. The number of nitrogens with zero attached hydrogens (tertiary/aromatic N) is 5. The molecule has 134 valence electrons. The fourth-order valence-corrected chi connectivity index (χ4v) is 2.51. The van der Waals surface area contributed by atoms with Crippen LogP contribution in [0.15, 0.2) is 36.5 Å². The highest BCUT2D eigenvalue weighted by Crippen LogP contribution is 2.19. The van der Waals surface area contributed by atoms with Gasteiger partial charge < -0.3 is 5.32 Å². The maximum absolute atomic E-state index is 12.3. The summed E-state index contributed by atoms with van der Waals surface area (Å²) < 4.78 is 3.27. The van der Waals surface area contributed by atoms with E-state index in [9.17, 15) is 14.9 Å². The van der Waals surface area contributed by atoms with Crippen LogP contribution in [0.1, 0.15) is 21.9 Å². The molecule has 1 aromatic carbocycles. The molecule has 3 rings (SSSR count). The maximum Gasteiger partial charge on any atom is 0.276 e. The first-order valence-electron chi connectivity index (χ1n) is 7.64. The Morgan fingerprint density at radius 1 is 1.23 bits per heavy atom. The molecule has 2 heterocycles. The van der Waals surface area contributed by atoms with Crippen LogP contribution in [-0.2, 0) is 6.67 Å². The number of hydrogen-bond donors (Lipinski definition) is 1. The van der Waals surface area contributed by atoms with Gasteiger partial charge in [0, 0.05) is 24.0 Å². The maximum atomic E-state index is 12.3. The zero-order valence-corrected chi connectivity index (χ0v) is 14.8. The van der Waals surface area contributed by atoms with Crippen molar-refractivity contribution in [2.75, 3.05) is 5.32 Å². The molecule has 1 amide bonds. The number of hydrogen-bond acceptors (Lipinski definition) is 5. The molecular weight excluding hydrogens is 360 g/mol. The minimum Gasteiger partial charge on any atom is -0.321 e. The molecule has 0 saturated carbocycles. The second-order valence-electron chi connectivity index (χ2n) is 5.62. The van der Waals surface area contributed by atoms with Crippen LogP contribution in [0.2, 0.25) is 5.02 Å². The van der Waals surface area contributed by atoms with Crippen LogP contribution >= 0.6 is 11.6 Å². The number of carbonyl (C=O) groups is 1. The third-order valence-corrected chi connectivity index (χ3v) is 4.33. The average Bonchev–Trinajstić information content (AvgIpc) is 3.17. The van der Waals surface area contributed by atoms with Gasteiger partial charge in [0.05, 0.1) is 21.3 Å². The molecule has 0 saturated heterocycles. The summed E-state index contributed by atoms with van der Waals surface area (Å²) in [5, 5.41) is 22.4. The number of carbonyl (C=O) groups excluding carboxylic acids is 1. The fourth-order valence-electron chi connectivity index (χ4n) is 2.37. The quantitative estimate of drug-likeness (QED) is 0.545. The molecule has 0 unspecified atom stereocenters. The number of benzene rings is 1. The summed E-state index contributed by atoms with van der Waals surface area (Å²) in [7, 11) is 0. The second-order valence-corrected chi connectivity index (χ2v) is 6.00. The van der Waals surface area contributed by atoms with E-state index >= 15 is 0 Å². The van der Waals surface area contributed by atoms with Gasteiger partial charge in [-0.25, -0.2) is 4.68 Å². The van der Waals surface area contributed by atoms with Crippen molar-refractivity contribution in [1.29, 1.82) is 0 Å². The van der Waals surface area contributed by atoms with Crippen LogP contribution in [0.4, 0.5) is 11.4 Å². The molecular formula is C16H15ClN6O3. The van der Waals surface area contributed by atoms with E-state index in [0.717, 1.165) is 11.4 Å². The number of rotatable bonds is 5. The Morgan fingerprint density at radius 2 is 1.92 bits per heavy atom. The van der Waals surface area contributed by atoms with Gasteiger partial charge in [0.1, 0.15) is 6.67 Å². The number of non-ortho nitro benzene ring substituents is 1. The van der Waals surface area contributed by atoms with Crippen molar-refractivity contribution in [1.82, 2.24) is 19.6 Å². The SMILES string of the molecule is Cc1nn(Cn2ccc(C(=O)Nc3ccc([N+](=O)[O-])cc3)n2)c(C)c1Cl. The first-order valence-corrected chi connectivity index (χ1v) is 8.01. The lowest BCUT2D eigenvalue weighted by Crippen LogP contribution is -2.15. The van der Waals surface area contributed by atoms with Gasteiger partial charge in [-0.15, -0.1) is 0 Å². The van der Waals surface area contributed by atoms with Gasteiger partial charge >= 0.3 is 0 Å². The van der Waals surface area contributed by atoms with Gasteiger partial charge in [0.15, 0.2) is 5.69 Å². The summed E-state index contributed by atoms with van der Waals surface area (Å²) >= 11 is 6.12. The molecule has 0 spiro atoms. The summed E-state index contributed by atoms with van der Waals surface area (Å²) in [6.07, 6.45) is 1.66. The minimum absolute atomic E-state index is 0.0455. The van der Waals surface area contributed by atoms with Crippen LogP contribution < -0.4 is 5.32 Å². The van der Waals surface area contributed by atoms with Crippen LogP contribution in [0.25, 0.3) is 0 Å². The van der Waals surface area contributed by atoms with Crippen LogP contribution in [-0.4, -0.2) is 30.4 Å². The highest BCUT2D eigenvalue weighted by atomic mass is 35.5. The van der Waals surface area contributed by atoms with E-state index in [1.165, 1.54) is 24.3 Å². The van der Waals surface area contributed by atoms with E-state index in [4.69, 9.17) is 11.6 Å². The number of aryl methyl sites for hydroxylation is 1. The van der Waals surface area contributed by atoms with Crippen molar-refractivity contribution < 1.29 is 9.72 Å². The molecule has 0 aliphatic rings. The molecule has 0 aliphatic carbocycles. The van der Waals surface area contributed by atoms with Gasteiger partial charge in [0.2, 0.25) is 0 Å². The summed E-state index contributed by atoms with van der Waals surface area (Å²) in [6.45, 7) is 4.00. The minimum atomic E-state index is -0.501. The van der Waals surface area contributed by atoms with Gasteiger partial charge in [-0.2, -0.15) is 10.2 Å². The van der Waals surface area contributed by atoms with Crippen molar-refractivity contribution >= 4 is 28.9 Å². The molecule has 10 heteroatoms. The number of nitro benzene ring substituents is 1. The lowest BCUT2D eigenvalue weighted by molar-refractivity contribution is -0.384. The van der Waals surface area contributed by atoms with E-state index in [1.807, 2.05) is 13.8 Å². The van der Waals surface area contributed by atoms with Gasteiger partial charge in [-0.3, -0.25) is 19.6 Å². The number of halogens is 1. The lowest BCUT2D eigenvalue weighted by atomic mass is 10.3. The molecule has 0 aliphatic heterocycles. The normalized spacial score (nSPS) is 10.7. The molecule has 0 atom stereocenters. The standard InChI is InChI=1S/C16H15ClN6O3/c1-10-15(17)11(2)22(19-10)9-21-8-7-14(20-21)16(24)18-12-3-5-13(6-4-12)23(25)26/h3-8H,9H2,1-2H3,(H,18,24). The predicted octanol–water partition coefficient (Wildman–Crippen LogP) is 3.02. The highest BCUT2D eigenvalue weighted by Gasteiger charge is 2.13. The molecule has 9 nitrogen and oxygen atoms in total. The smallest absolute Gasteiger partial charge is 0.276 e. The topological polar surface area (TPSA) is 108 Å². The van der Waals surface area contributed by atoms with Crippen LogP contribution in [0, 0.1) is 24.0 Å².